The van der Waals surface area contributed by atoms with E-state index in [1.165, 1.54) is 0 Å². The lowest BCUT2D eigenvalue weighted by Crippen LogP contribution is -1.91. The number of nitrogens with zero attached hydrogens (tertiary/aromatic N) is 3. The molecule has 0 saturated carbocycles. The third-order valence-corrected chi connectivity index (χ3v) is 3.19. The summed E-state index contributed by atoms with van der Waals surface area (Å²) < 4.78 is 2.69. The van der Waals surface area contributed by atoms with Gasteiger partial charge in [0, 0.05) is 7.05 Å². The summed E-state index contributed by atoms with van der Waals surface area (Å²) in [5, 5.41) is 0.462. The van der Waals surface area contributed by atoms with Gasteiger partial charge in [0.05, 0.1) is 22.0 Å². The zero-order valence-corrected chi connectivity index (χ0v) is 9.52. The molecule has 0 aliphatic carbocycles. The molecule has 0 aliphatic rings. The summed E-state index contributed by atoms with van der Waals surface area (Å²) in [7, 11) is 1.93. The van der Waals surface area contributed by atoms with Crippen molar-refractivity contribution in [2.45, 2.75) is 6.92 Å². The van der Waals surface area contributed by atoms with Crippen LogP contribution in [0.3, 0.4) is 0 Å². The van der Waals surface area contributed by atoms with Crippen molar-refractivity contribution in [2.24, 2.45) is 7.05 Å². The van der Waals surface area contributed by atoms with Gasteiger partial charge in [-0.05, 0) is 22.9 Å². The highest BCUT2D eigenvalue weighted by Crippen LogP contribution is 2.29. The molecule has 0 fully saturated rings. The Morgan fingerprint density at radius 2 is 2.23 bits per heavy atom. The fourth-order valence-corrected chi connectivity index (χ4v) is 1.96. The van der Waals surface area contributed by atoms with Crippen molar-refractivity contribution < 1.29 is 0 Å². The predicted molar refractivity (Wildman–Crippen MR) is 56.0 cm³/mol. The highest BCUT2D eigenvalue weighted by atomic mass is 79.9. The number of pyridine rings is 1. The van der Waals surface area contributed by atoms with Crippen LogP contribution in [-0.4, -0.2) is 14.5 Å². The zero-order chi connectivity index (χ0) is 9.59. The SMILES string of the molecule is Cc1nc(Cl)c(Br)c2ncn(C)c12. The number of hydrogen-bond acceptors (Lipinski definition) is 2. The predicted octanol–water partition coefficient (Wildman–Crippen LogP) is 2.69. The molecule has 0 atom stereocenters. The Morgan fingerprint density at radius 3 is 2.92 bits per heavy atom. The standard InChI is InChI=1S/C8H7BrClN3/c1-4-7-6(11-3-13(7)2)5(9)8(10)12-4/h3H,1-2H3. The lowest BCUT2D eigenvalue weighted by molar-refractivity contribution is 0.938. The molecule has 0 unspecified atom stereocenters. The van der Waals surface area contributed by atoms with Crippen LogP contribution in [0, 0.1) is 6.92 Å². The van der Waals surface area contributed by atoms with E-state index in [1.807, 2.05) is 18.5 Å². The molecule has 0 bridgehead atoms. The van der Waals surface area contributed by atoms with Gasteiger partial charge in [0.25, 0.3) is 0 Å². The number of aromatic nitrogens is 3. The molecule has 2 aromatic rings. The van der Waals surface area contributed by atoms with E-state index in [1.54, 1.807) is 6.33 Å². The first-order chi connectivity index (χ1) is 6.11. The number of halogens is 2. The monoisotopic (exact) mass is 259 g/mol. The maximum Gasteiger partial charge on any atom is 0.145 e. The molecule has 13 heavy (non-hydrogen) atoms. The van der Waals surface area contributed by atoms with Crippen molar-refractivity contribution in [1.82, 2.24) is 14.5 Å². The van der Waals surface area contributed by atoms with Crippen LogP contribution in [0.15, 0.2) is 10.8 Å². The maximum absolute atomic E-state index is 5.89. The molecule has 68 valence electrons. The van der Waals surface area contributed by atoms with Crippen molar-refractivity contribution >= 4 is 38.6 Å². The number of aryl methyl sites for hydroxylation is 2. The van der Waals surface area contributed by atoms with Gasteiger partial charge in [0.1, 0.15) is 10.7 Å². The van der Waals surface area contributed by atoms with Crippen LogP contribution in [0.1, 0.15) is 5.69 Å². The fraction of sp³-hybridized carbons (Fsp3) is 0.250. The van der Waals surface area contributed by atoms with Crippen molar-refractivity contribution in [3.05, 3.63) is 21.6 Å². The molecule has 0 amide bonds. The van der Waals surface area contributed by atoms with Crippen molar-refractivity contribution in [2.75, 3.05) is 0 Å². The number of rotatable bonds is 0. The van der Waals surface area contributed by atoms with E-state index in [-0.39, 0.29) is 0 Å². The van der Waals surface area contributed by atoms with E-state index in [4.69, 9.17) is 11.6 Å². The van der Waals surface area contributed by atoms with Gasteiger partial charge in [-0.2, -0.15) is 0 Å². The fourth-order valence-electron chi connectivity index (χ4n) is 1.36. The minimum absolute atomic E-state index is 0.462. The zero-order valence-electron chi connectivity index (χ0n) is 7.17. The van der Waals surface area contributed by atoms with Crippen LogP contribution in [0.4, 0.5) is 0 Å². The van der Waals surface area contributed by atoms with Gasteiger partial charge in [0.15, 0.2) is 0 Å². The van der Waals surface area contributed by atoms with Crippen LogP contribution in [0.25, 0.3) is 11.0 Å². The lowest BCUT2D eigenvalue weighted by atomic mass is 10.3. The van der Waals surface area contributed by atoms with Crippen LogP contribution in [0.5, 0.6) is 0 Å². The summed E-state index contributed by atoms with van der Waals surface area (Å²) in [6.07, 6.45) is 1.75. The van der Waals surface area contributed by atoms with E-state index in [9.17, 15) is 0 Å². The Labute approximate surface area is 88.9 Å². The summed E-state index contributed by atoms with van der Waals surface area (Å²) in [6, 6.07) is 0. The van der Waals surface area contributed by atoms with Crippen molar-refractivity contribution in [3.8, 4) is 0 Å². The molecule has 5 heteroatoms. The Hall–Kier alpha value is -0.610. The molecule has 0 spiro atoms. The summed E-state index contributed by atoms with van der Waals surface area (Å²) >= 11 is 9.25. The average Bonchev–Trinajstić information content (AvgIpc) is 2.44. The summed E-state index contributed by atoms with van der Waals surface area (Å²) in [5.74, 6) is 0. The van der Waals surface area contributed by atoms with Crippen LogP contribution < -0.4 is 0 Å². The first-order valence-corrected chi connectivity index (χ1v) is 4.91. The second-order valence-electron chi connectivity index (χ2n) is 2.85. The average molecular weight is 261 g/mol. The van der Waals surface area contributed by atoms with E-state index in [0.717, 1.165) is 21.2 Å². The molecule has 3 nitrogen and oxygen atoms in total. The van der Waals surface area contributed by atoms with Gasteiger partial charge in [-0.3, -0.25) is 0 Å². The molecule has 0 N–H and O–H groups in total. The normalized spacial score (nSPS) is 11.1. The minimum Gasteiger partial charge on any atom is -0.332 e. The van der Waals surface area contributed by atoms with Crippen LogP contribution in [-0.2, 0) is 7.05 Å². The van der Waals surface area contributed by atoms with E-state index in [2.05, 4.69) is 25.9 Å². The maximum atomic E-state index is 5.89. The number of fused-ring (bicyclic) bond motifs is 1. The third-order valence-electron chi connectivity index (χ3n) is 1.93. The summed E-state index contributed by atoms with van der Waals surface area (Å²) in [4.78, 5) is 8.42. The Kier molecular flexibility index (Phi) is 2.04. The van der Waals surface area contributed by atoms with Crippen LogP contribution in [0.2, 0.25) is 5.15 Å². The second-order valence-corrected chi connectivity index (χ2v) is 4.01. The smallest absolute Gasteiger partial charge is 0.145 e. The molecule has 2 aromatic heterocycles. The molecule has 0 aliphatic heterocycles. The topological polar surface area (TPSA) is 30.7 Å². The quantitative estimate of drug-likeness (QED) is 0.682. The van der Waals surface area contributed by atoms with Gasteiger partial charge in [-0.15, -0.1) is 0 Å². The molecule has 2 heterocycles. The van der Waals surface area contributed by atoms with E-state index < -0.39 is 0 Å². The Bertz CT molecular complexity index is 478. The largest absolute Gasteiger partial charge is 0.332 e. The first kappa shape index (κ1) is 8.97. The molecular formula is C8H7BrClN3. The number of imidazole rings is 1. The summed E-state index contributed by atoms with van der Waals surface area (Å²) in [6.45, 7) is 1.92. The Morgan fingerprint density at radius 1 is 1.54 bits per heavy atom. The molecule has 0 radical (unpaired) electrons. The highest BCUT2D eigenvalue weighted by Gasteiger charge is 2.11. The van der Waals surface area contributed by atoms with E-state index in [0.29, 0.717) is 5.15 Å². The van der Waals surface area contributed by atoms with Gasteiger partial charge in [0.2, 0.25) is 0 Å². The molecule has 0 aromatic carbocycles. The van der Waals surface area contributed by atoms with Crippen LogP contribution >= 0.6 is 27.5 Å². The second kappa shape index (κ2) is 2.96. The third kappa shape index (κ3) is 1.25. The molecular weight excluding hydrogens is 253 g/mol. The lowest BCUT2D eigenvalue weighted by Gasteiger charge is -2.01. The molecule has 0 saturated heterocycles. The van der Waals surface area contributed by atoms with Crippen molar-refractivity contribution in [3.63, 3.8) is 0 Å². The molecule has 2 rings (SSSR count). The highest BCUT2D eigenvalue weighted by molar-refractivity contribution is 9.10. The number of hydrogen-bond donors (Lipinski definition) is 0. The Balaban J connectivity index is 2.99. The summed E-state index contributed by atoms with van der Waals surface area (Å²) in [5.41, 5.74) is 2.76. The van der Waals surface area contributed by atoms with Gasteiger partial charge in [-0.1, -0.05) is 11.6 Å². The van der Waals surface area contributed by atoms with Gasteiger partial charge >= 0.3 is 0 Å². The van der Waals surface area contributed by atoms with Gasteiger partial charge < -0.3 is 4.57 Å². The minimum atomic E-state index is 0.462. The van der Waals surface area contributed by atoms with Crippen molar-refractivity contribution in [1.29, 1.82) is 0 Å². The first-order valence-electron chi connectivity index (χ1n) is 3.74. The van der Waals surface area contributed by atoms with Gasteiger partial charge in [-0.25, -0.2) is 9.97 Å². The van der Waals surface area contributed by atoms with E-state index >= 15 is 0 Å².